The molecule has 1 aliphatic heterocycles. The number of nitrogens with one attached hydrogen (secondary N) is 1. The number of halogens is 1. The van der Waals surface area contributed by atoms with Crippen molar-refractivity contribution in [2.24, 2.45) is 11.1 Å². The van der Waals surface area contributed by atoms with E-state index in [0.717, 1.165) is 18.6 Å². The second-order valence-electron chi connectivity index (χ2n) is 6.76. The molecule has 6 heteroatoms. The van der Waals surface area contributed by atoms with E-state index in [0.29, 0.717) is 39.1 Å². The van der Waals surface area contributed by atoms with E-state index in [1.165, 1.54) is 5.56 Å². The predicted octanol–water partition coefficient (Wildman–Crippen LogP) is 2.02. The number of nitrogens with two attached hydrogens (primary N) is 1. The van der Waals surface area contributed by atoms with Crippen LogP contribution in [0.3, 0.4) is 0 Å². The van der Waals surface area contributed by atoms with Crippen molar-refractivity contribution in [2.45, 2.75) is 31.1 Å². The molecule has 3 N–H and O–H groups in total. The van der Waals surface area contributed by atoms with Gasteiger partial charge in [0.2, 0.25) is 5.91 Å². The average Bonchev–Trinajstić information content (AvgIpc) is 3.41. The normalized spacial score (nSPS) is 20.6. The minimum absolute atomic E-state index is 0. The van der Waals surface area contributed by atoms with E-state index in [4.69, 9.17) is 15.2 Å². The molecule has 0 aromatic heterocycles. The van der Waals surface area contributed by atoms with Crippen LogP contribution in [-0.2, 0) is 14.9 Å². The molecule has 3 rings (SSSR count). The zero-order valence-electron chi connectivity index (χ0n) is 14.2. The summed E-state index contributed by atoms with van der Waals surface area (Å²) in [7, 11) is 1.69. The maximum Gasteiger partial charge on any atom is 0.227 e. The van der Waals surface area contributed by atoms with Gasteiger partial charge in [0.1, 0.15) is 5.75 Å². The molecule has 2 aliphatic rings. The van der Waals surface area contributed by atoms with Crippen LogP contribution < -0.4 is 15.8 Å². The Bertz CT molecular complexity index is 569. The van der Waals surface area contributed by atoms with Crippen molar-refractivity contribution in [2.75, 3.05) is 33.4 Å². The first-order valence-electron chi connectivity index (χ1n) is 8.35. The number of hydrogen-bond donors (Lipinski definition) is 2. The van der Waals surface area contributed by atoms with Gasteiger partial charge in [-0.05, 0) is 31.7 Å². The van der Waals surface area contributed by atoms with Gasteiger partial charge in [0, 0.05) is 37.3 Å². The summed E-state index contributed by atoms with van der Waals surface area (Å²) >= 11 is 0. The van der Waals surface area contributed by atoms with E-state index in [1.807, 2.05) is 18.2 Å². The van der Waals surface area contributed by atoms with Crippen LogP contribution in [0.4, 0.5) is 0 Å². The molecule has 1 saturated carbocycles. The monoisotopic (exact) mass is 354 g/mol. The summed E-state index contributed by atoms with van der Waals surface area (Å²) in [6, 6.07) is 8.09. The van der Waals surface area contributed by atoms with Gasteiger partial charge in [0.25, 0.3) is 0 Å². The Balaban J connectivity index is 0.00000208. The quantitative estimate of drug-likeness (QED) is 0.819. The number of methoxy groups -OCH3 is 1. The molecule has 1 saturated heterocycles. The van der Waals surface area contributed by atoms with Gasteiger partial charge in [-0.2, -0.15) is 0 Å². The maximum absolute atomic E-state index is 12.7. The smallest absolute Gasteiger partial charge is 0.227 e. The van der Waals surface area contributed by atoms with Crippen molar-refractivity contribution >= 4 is 18.3 Å². The molecule has 0 atom stereocenters. The summed E-state index contributed by atoms with van der Waals surface area (Å²) in [6.07, 6.45) is 3.56. The number of hydrogen-bond acceptors (Lipinski definition) is 4. The lowest BCUT2D eigenvalue weighted by Gasteiger charge is -2.35. The predicted molar refractivity (Wildman–Crippen MR) is 95.7 cm³/mol. The lowest BCUT2D eigenvalue weighted by molar-refractivity contribution is -0.136. The summed E-state index contributed by atoms with van der Waals surface area (Å²) in [6.45, 7) is 2.25. The van der Waals surface area contributed by atoms with Gasteiger partial charge >= 0.3 is 0 Å². The molecule has 1 aromatic carbocycles. The van der Waals surface area contributed by atoms with Gasteiger partial charge in [0.05, 0.1) is 12.5 Å². The van der Waals surface area contributed by atoms with E-state index in [-0.39, 0.29) is 23.7 Å². The van der Waals surface area contributed by atoms with Crippen molar-refractivity contribution in [3.63, 3.8) is 0 Å². The standard InChI is InChI=1S/C18H26N2O3.ClH/c1-22-15-5-3-2-4-14(15)18(6-7-18)13-20-16(21)17(12-19)8-10-23-11-9-17;/h2-5H,6-13,19H2,1H3,(H,20,21);1H. The van der Waals surface area contributed by atoms with Crippen LogP contribution in [0, 0.1) is 5.41 Å². The number of rotatable bonds is 6. The van der Waals surface area contributed by atoms with Gasteiger partial charge in [-0.15, -0.1) is 12.4 Å². The highest BCUT2D eigenvalue weighted by atomic mass is 35.5. The lowest BCUT2D eigenvalue weighted by Crippen LogP contribution is -2.50. The fraction of sp³-hybridized carbons (Fsp3) is 0.611. The van der Waals surface area contributed by atoms with Crippen LogP contribution in [0.1, 0.15) is 31.2 Å². The second-order valence-corrected chi connectivity index (χ2v) is 6.76. The van der Waals surface area contributed by atoms with Gasteiger partial charge in [-0.25, -0.2) is 0 Å². The van der Waals surface area contributed by atoms with Crippen molar-refractivity contribution in [3.8, 4) is 5.75 Å². The van der Waals surface area contributed by atoms with Gasteiger partial charge < -0.3 is 20.5 Å². The topological polar surface area (TPSA) is 73.6 Å². The molecule has 0 bridgehead atoms. The number of carbonyl (C=O) groups is 1. The molecule has 0 radical (unpaired) electrons. The molecule has 2 fully saturated rings. The van der Waals surface area contributed by atoms with Crippen LogP contribution in [0.2, 0.25) is 0 Å². The molecule has 1 aromatic rings. The fourth-order valence-corrected chi connectivity index (χ4v) is 3.50. The number of amides is 1. The molecule has 134 valence electrons. The Morgan fingerprint density at radius 2 is 1.92 bits per heavy atom. The molecule has 0 unspecified atom stereocenters. The van der Waals surface area contributed by atoms with Crippen molar-refractivity contribution in [1.82, 2.24) is 5.32 Å². The van der Waals surface area contributed by atoms with Crippen molar-refractivity contribution in [3.05, 3.63) is 29.8 Å². The minimum atomic E-state index is -0.463. The zero-order valence-corrected chi connectivity index (χ0v) is 15.0. The molecule has 0 spiro atoms. The molecule has 1 heterocycles. The third-order valence-electron chi connectivity index (χ3n) is 5.44. The van der Waals surface area contributed by atoms with Crippen LogP contribution >= 0.6 is 12.4 Å². The number of ether oxygens (including phenoxy) is 2. The van der Waals surface area contributed by atoms with E-state index in [9.17, 15) is 4.79 Å². The number of para-hydroxylation sites is 1. The average molecular weight is 355 g/mol. The van der Waals surface area contributed by atoms with Crippen LogP contribution in [0.25, 0.3) is 0 Å². The zero-order chi connectivity index (χ0) is 16.3. The molecule has 5 nitrogen and oxygen atoms in total. The minimum Gasteiger partial charge on any atom is -0.496 e. The van der Waals surface area contributed by atoms with Gasteiger partial charge in [0.15, 0.2) is 0 Å². The van der Waals surface area contributed by atoms with Crippen LogP contribution in [0.5, 0.6) is 5.75 Å². The third-order valence-corrected chi connectivity index (χ3v) is 5.44. The molecule has 24 heavy (non-hydrogen) atoms. The lowest BCUT2D eigenvalue weighted by atomic mass is 9.79. The number of carbonyl (C=O) groups excluding carboxylic acids is 1. The SMILES string of the molecule is COc1ccccc1C1(CNC(=O)C2(CN)CCOCC2)CC1.Cl. The van der Waals surface area contributed by atoms with E-state index in [1.54, 1.807) is 7.11 Å². The summed E-state index contributed by atoms with van der Waals surface area (Å²) in [5.74, 6) is 0.975. The Morgan fingerprint density at radius 1 is 1.25 bits per heavy atom. The Labute approximate surface area is 149 Å². The molecule has 1 amide bonds. The summed E-state index contributed by atoms with van der Waals surface area (Å²) in [5, 5.41) is 3.17. The van der Waals surface area contributed by atoms with Gasteiger partial charge in [-0.3, -0.25) is 4.79 Å². The van der Waals surface area contributed by atoms with E-state index in [2.05, 4.69) is 11.4 Å². The van der Waals surface area contributed by atoms with E-state index >= 15 is 0 Å². The third kappa shape index (κ3) is 3.53. The Morgan fingerprint density at radius 3 is 2.50 bits per heavy atom. The highest BCUT2D eigenvalue weighted by molar-refractivity contribution is 5.85. The first-order chi connectivity index (χ1) is 11.2. The second kappa shape index (κ2) is 7.72. The molecule has 1 aliphatic carbocycles. The van der Waals surface area contributed by atoms with Crippen LogP contribution in [0.15, 0.2) is 24.3 Å². The highest BCUT2D eigenvalue weighted by Gasteiger charge is 2.47. The number of benzene rings is 1. The van der Waals surface area contributed by atoms with E-state index < -0.39 is 5.41 Å². The Kier molecular flexibility index (Phi) is 6.12. The summed E-state index contributed by atoms with van der Waals surface area (Å²) in [5.41, 5.74) is 6.66. The first-order valence-corrected chi connectivity index (χ1v) is 8.35. The van der Waals surface area contributed by atoms with Gasteiger partial charge in [-0.1, -0.05) is 18.2 Å². The summed E-state index contributed by atoms with van der Waals surface area (Å²) < 4.78 is 10.9. The van der Waals surface area contributed by atoms with Crippen molar-refractivity contribution < 1.29 is 14.3 Å². The first kappa shape index (κ1) is 19.0. The van der Waals surface area contributed by atoms with Crippen LogP contribution in [-0.4, -0.2) is 39.3 Å². The Hall–Kier alpha value is -1.30. The largest absolute Gasteiger partial charge is 0.496 e. The summed E-state index contributed by atoms with van der Waals surface area (Å²) in [4.78, 5) is 12.7. The maximum atomic E-state index is 12.7. The molecular formula is C18H27ClN2O3. The van der Waals surface area contributed by atoms with Crippen molar-refractivity contribution in [1.29, 1.82) is 0 Å². The molecular weight excluding hydrogens is 328 g/mol. The highest BCUT2D eigenvalue weighted by Crippen LogP contribution is 2.50. The fourth-order valence-electron chi connectivity index (χ4n) is 3.50.